The lowest BCUT2D eigenvalue weighted by Gasteiger charge is -2.12. The minimum absolute atomic E-state index is 0.266. The second kappa shape index (κ2) is 6.79. The highest BCUT2D eigenvalue weighted by molar-refractivity contribution is 6.22. The number of carbonyl (C=O) groups excluding carboxylic acids is 1. The van der Waals surface area contributed by atoms with Gasteiger partial charge < -0.3 is 4.74 Å². The van der Waals surface area contributed by atoms with Crippen LogP contribution in [0, 0.1) is 0 Å². The molecule has 3 heteroatoms. The van der Waals surface area contributed by atoms with E-state index in [1.807, 2.05) is 60.7 Å². The van der Waals surface area contributed by atoms with Crippen molar-refractivity contribution in [1.82, 2.24) is 0 Å². The van der Waals surface area contributed by atoms with Crippen LogP contribution in [0.5, 0.6) is 0 Å². The molecule has 1 atom stereocenters. The zero-order valence-corrected chi connectivity index (χ0v) is 10.7. The molecule has 0 N–H and O–H groups in total. The first-order valence-corrected chi connectivity index (χ1v) is 6.26. The molecule has 0 saturated carbocycles. The molecule has 0 aromatic heterocycles. The van der Waals surface area contributed by atoms with Crippen molar-refractivity contribution < 1.29 is 9.53 Å². The first-order valence-electron chi connectivity index (χ1n) is 6.26. The van der Waals surface area contributed by atoms with E-state index in [-0.39, 0.29) is 12.6 Å². The molecule has 0 saturated heterocycles. The van der Waals surface area contributed by atoms with Crippen LogP contribution >= 0.6 is 0 Å². The average Bonchev–Trinajstić information content (AvgIpc) is 2.47. The van der Waals surface area contributed by atoms with Gasteiger partial charge in [0, 0.05) is 5.82 Å². The molecule has 0 aliphatic carbocycles. The molecule has 2 aromatic rings. The van der Waals surface area contributed by atoms with Crippen LogP contribution in [0.4, 0.5) is 0 Å². The molecule has 2 radical (unpaired) electrons. The Balaban J connectivity index is 1.83. The molecule has 94 valence electrons. The smallest absolute Gasteiger partial charge is 0.300 e. The van der Waals surface area contributed by atoms with Crippen LogP contribution in [0.3, 0.4) is 0 Å². The van der Waals surface area contributed by atoms with Crippen molar-refractivity contribution in [2.24, 2.45) is 0 Å². The zero-order valence-electron chi connectivity index (χ0n) is 10.7. The third-order valence-corrected chi connectivity index (χ3v) is 2.83. The number of carbonyl (C=O) groups is 1. The van der Waals surface area contributed by atoms with Crippen LogP contribution in [-0.4, -0.2) is 13.8 Å². The molecule has 2 rings (SSSR count). The molecule has 19 heavy (non-hydrogen) atoms. The lowest BCUT2D eigenvalue weighted by atomic mass is 9.82. The number of benzene rings is 2. The Morgan fingerprint density at radius 2 is 1.47 bits per heavy atom. The molecule has 0 spiro atoms. The molecule has 0 bridgehead atoms. The predicted octanol–water partition coefficient (Wildman–Crippen LogP) is 2.93. The summed E-state index contributed by atoms with van der Waals surface area (Å²) in [4.78, 5) is 11.8. The van der Waals surface area contributed by atoms with Gasteiger partial charge in [-0.1, -0.05) is 60.7 Å². The SMILES string of the molecule is [B]C(Cc1ccccc1)C(=O)OCc1ccccc1. The number of ether oxygens (including phenoxy) is 1. The van der Waals surface area contributed by atoms with Gasteiger partial charge in [-0.3, -0.25) is 4.79 Å². The molecule has 0 aliphatic rings. The maximum atomic E-state index is 11.8. The van der Waals surface area contributed by atoms with E-state index in [1.165, 1.54) is 0 Å². The van der Waals surface area contributed by atoms with E-state index in [1.54, 1.807) is 0 Å². The topological polar surface area (TPSA) is 26.3 Å². The van der Waals surface area contributed by atoms with E-state index < -0.39 is 5.82 Å². The molecule has 0 aliphatic heterocycles. The summed E-state index contributed by atoms with van der Waals surface area (Å²) >= 11 is 0. The monoisotopic (exact) mass is 250 g/mol. The minimum Gasteiger partial charge on any atom is -0.461 e. The Hall–Kier alpha value is -2.03. The van der Waals surface area contributed by atoms with Crippen molar-refractivity contribution in [2.45, 2.75) is 18.8 Å². The number of hydrogen-bond acceptors (Lipinski definition) is 2. The maximum absolute atomic E-state index is 11.8. The zero-order chi connectivity index (χ0) is 13.5. The lowest BCUT2D eigenvalue weighted by Crippen LogP contribution is -2.14. The first-order chi connectivity index (χ1) is 9.25. The van der Waals surface area contributed by atoms with Crippen LogP contribution in [0.1, 0.15) is 11.1 Å². The summed E-state index contributed by atoms with van der Waals surface area (Å²) in [6.45, 7) is 0.266. The van der Waals surface area contributed by atoms with Gasteiger partial charge in [-0.15, -0.1) is 0 Å². The molecule has 0 fully saturated rings. The van der Waals surface area contributed by atoms with Crippen molar-refractivity contribution in [3.63, 3.8) is 0 Å². The second-order valence-corrected chi connectivity index (χ2v) is 4.39. The fraction of sp³-hybridized carbons (Fsp3) is 0.188. The van der Waals surface area contributed by atoms with Crippen molar-refractivity contribution in [3.05, 3.63) is 71.8 Å². The lowest BCUT2D eigenvalue weighted by molar-refractivity contribution is -0.144. The molecule has 0 amide bonds. The van der Waals surface area contributed by atoms with E-state index >= 15 is 0 Å². The summed E-state index contributed by atoms with van der Waals surface area (Å²) in [7, 11) is 5.84. The van der Waals surface area contributed by atoms with Crippen LogP contribution in [0.15, 0.2) is 60.7 Å². The van der Waals surface area contributed by atoms with Crippen LogP contribution < -0.4 is 0 Å². The van der Waals surface area contributed by atoms with Gasteiger partial charge in [0.15, 0.2) is 0 Å². The van der Waals surface area contributed by atoms with E-state index in [0.29, 0.717) is 6.42 Å². The summed E-state index contributed by atoms with van der Waals surface area (Å²) in [6.07, 6.45) is 0.495. The third-order valence-electron chi connectivity index (χ3n) is 2.83. The highest BCUT2D eigenvalue weighted by Crippen LogP contribution is 2.13. The van der Waals surface area contributed by atoms with E-state index in [0.717, 1.165) is 11.1 Å². The van der Waals surface area contributed by atoms with Crippen LogP contribution in [0.25, 0.3) is 0 Å². The normalized spacial score (nSPS) is 11.8. The molecule has 2 nitrogen and oxygen atoms in total. The highest BCUT2D eigenvalue weighted by atomic mass is 16.5. The predicted molar refractivity (Wildman–Crippen MR) is 75.9 cm³/mol. The fourth-order valence-corrected chi connectivity index (χ4v) is 1.79. The van der Waals surface area contributed by atoms with Gasteiger partial charge >= 0.3 is 5.97 Å². The van der Waals surface area contributed by atoms with Crippen molar-refractivity contribution in [1.29, 1.82) is 0 Å². The number of hydrogen-bond donors (Lipinski definition) is 0. The van der Waals surface area contributed by atoms with Crippen LogP contribution in [0.2, 0.25) is 5.82 Å². The van der Waals surface area contributed by atoms with Gasteiger partial charge in [0.1, 0.15) is 6.61 Å². The Labute approximate surface area is 114 Å². The van der Waals surface area contributed by atoms with Crippen LogP contribution in [-0.2, 0) is 22.6 Å². The summed E-state index contributed by atoms with van der Waals surface area (Å²) in [5.41, 5.74) is 1.99. The Bertz CT molecular complexity index is 511. The average molecular weight is 250 g/mol. The summed E-state index contributed by atoms with van der Waals surface area (Å²) in [6, 6.07) is 19.3. The number of esters is 1. The van der Waals surface area contributed by atoms with Gasteiger partial charge in [-0.2, -0.15) is 0 Å². The molecular formula is C16H15BO2. The van der Waals surface area contributed by atoms with Gasteiger partial charge in [-0.25, -0.2) is 0 Å². The molecule has 0 heterocycles. The second-order valence-electron chi connectivity index (χ2n) is 4.39. The third kappa shape index (κ3) is 4.29. The molecule has 2 aromatic carbocycles. The molecule has 1 unspecified atom stereocenters. The Morgan fingerprint density at radius 1 is 0.947 bits per heavy atom. The number of rotatable bonds is 5. The van der Waals surface area contributed by atoms with Crippen molar-refractivity contribution in [3.8, 4) is 0 Å². The minimum atomic E-state index is -0.619. The highest BCUT2D eigenvalue weighted by Gasteiger charge is 2.14. The van der Waals surface area contributed by atoms with Crippen molar-refractivity contribution in [2.75, 3.05) is 0 Å². The quantitative estimate of drug-likeness (QED) is 0.602. The summed E-state index contributed by atoms with van der Waals surface area (Å²) < 4.78 is 5.20. The van der Waals surface area contributed by atoms with Gasteiger partial charge in [0.05, 0.1) is 7.85 Å². The molecular weight excluding hydrogens is 235 g/mol. The standard InChI is InChI=1S/C16H15BO2/c17-15(11-13-7-3-1-4-8-13)16(18)19-12-14-9-5-2-6-10-14/h1-10,15H,11-12H2. The summed E-state index contributed by atoms with van der Waals surface area (Å²) in [5, 5.41) is 0. The van der Waals surface area contributed by atoms with Gasteiger partial charge in [0.2, 0.25) is 0 Å². The van der Waals surface area contributed by atoms with E-state index in [4.69, 9.17) is 12.6 Å². The fourth-order valence-electron chi connectivity index (χ4n) is 1.79. The van der Waals surface area contributed by atoms with Gasteiger partial charge in [0.25, 0.3) is 0 Å². The Kier molecular flexibility index (Phi) is 4.79. The van der Waals surface area contributed by atoms with Crippen molar-refractivity contribution >= 4 is 13.8 Å². The maximum Gasteiger partial charge on any atom is 0.300 e. The van der Waals surface area contributed by atoms with Gasteiger partial charge in [-0.05, 0) is 17.5 Å². The van der Waals surface area contributed by atoms with E-state index in [2.05, 4.69) is 0 Å². The first kappa shape index (κ1) is 13.4. The summed E-state index contributed by atoms with van der Waals surface area (Å²) in [5.74, 6) is -0.987. The van der Waals surface area contributed by atoms with E-state index in [9.17, 15) is 4.79 Å². The Morgan fingerprint density at radius 3 is 2.05 bits per heavy atom. The largest absolute Gasteiger partial charge is 0.461 e.